The fourth-order valence-electron chi connectivity index (χ4n) is 3.90. The van der Waals surface area contributed by atoms with Crippen molar-refractivity contribution in [2.24, 2.45) is 0 Å². The van der Waals surface area contributed by atoms with Gasteiger partial charge in [-0.15, -0.1) is 0 Å². The smallest absolute Gasteiger partial charge is 0.251 e. The molecule has 7 nitrogen and oxygen atoms in total. The van der Waals surface area contributed by atoms with E-state index in [1.54, 1.807) is 30.3 Å². The van der Waals surface area contributed by atoms with Crippen LogP contribution in [0.4, 0.5) is 11.4 Å². The topological polar surface area (TPSA) is 99.3 Å². The van der Waals surface area contributed by atoms with Crippen LogP contribution in [0.2, 0.25) is 0 Å². The minimum absolute atomic E-state index is 0.0451. The molecule has 2 aromatic carbocycles. The van der Waals surface area contributed by atoms with E-state index in [1.807, 2.05) is 26.0 Å². The maximum Gasteiger partial charge on any atom is 0.251 e. The van der Waals surface area contributed by atoms with E-state index in [9.17, 15) is 14.4 Å². The van der Waals surface area contributed by atoms with Crippen LogP contribution in [-0.4, -0.2) is 36.9 Å². The molecular formula is C25H32N4O3. The summed E-state index contributed by atoms with van der Waals surface area (Å²) in [6, 6.07) is 12.5. The van der Waals surface area contributed by atoms with E-state index in [-0.39, 0.29) is 30.3 Å². The number of amides is 3. The summed E-state index contributed by atoms with van der Waals surface area (Å²) < 4.78 is 0. The second-order valence-corrected chi connectivity index (χ2v) is 8.18. The molecule has 3 amide bonds. The molecule has 0 saturated heterocycles. The summed E-state index contributed by atoms with van der Waals surface area (Å²) in [5.41, 5.74) is 3.38. The van der Waals surface area contributed by atoms with Gasteiger partial charge in [0.15, 0.2) is 0 Å². The number of aryl methyl sites for hydroxylation is 1. The van der Waals surface area contributed by atoms with Gasteiger partial charge in [-0.1, -0.05) is 25.3 Å². The van der Waals surface area contributed by atoms with Crippen molar-refractivity contribution in [2.75, 3.05) is 23.7 Å². The van der Waals surface area contributed by atoms with Crippen LogP contribution >= 0.6 is 0 Å². The molecule has 7 heteroatoms. The summed E-state index contributed by atoms with van der Waals surface area (Å²) in [6.45, 7) is 4.37. The number of rotatable bonds is 8. The van der Waals surface area contributed by atoms with Gasteiger partial charge in [0.2, 0.25) is 5.91 Å². The number of hydrogen-bond donors (Lipinski definition) is 4. The normalized spacial score (nSPS) is 13.8. The van der Waals surface area contributed by atoms with Crippen LogP contribution < -0.4 is 21.3 Å². The van der Waals surface area contributed by atoms with Crippen LogP contribution in [0, 0.1) is 6.92 Å². The lowest BCUT2D eigenvalue weighted by Gasteiger charge is -2.23. The average molecular weight is 437 g/mol. The minimum atomic E-state index is -0.225. The molecule has 1 saturated carbocycles. The Hall–Kier alpha value is -3.35. The zero-order valence-electron chi connectivity index (χ0n) is 18.8. The van der Waals surface area contributed by atoms with E-state index in [4.69, 9.17) is 0 Å². The van der Waals surface area contributed by atoms with Crippen molar-refractivity contribution in [3.63, 3.8) is 0 Å². The van der Waals surface area contributed by atoms with Crippen molar-refractivity contribution < 1.29 is 14.4 Å². The van der Waals surface area contributed by atoms with Crippen LogP contribution in [-0.2, 0) is 4.79 Å². The Labute approximate surface area is 189 Å². The molecule has 0 radical (unpaired) electrons. The summed E-state index contributed by atoms with van der Waals surface area (Å²) >= 11 is 0. The van der Waals surface area contributed by atoms with Gasteiger partial charge in [0, 0.05) is 35.1 Å². The molecular weight excluding hydrogens is 404 g/mol. The lowest BCUT2D eigenvalue weighted by molar-refractivity contribution is -0.114. The second-order valence-electron chi connectivity index (χ2n) is 8.18. The first-order valence-corrected chi connectivity index (χ1v) is 11.3. The van der Waals surface area contributed by atoms with Crippen LogP contribution in [0.5, 0.6) is 0 Å². The Morgan fingerprint density at radius 1 is 0.938 bits per heavy atom. The molecule has 0 spiro atoms. The summed E-state index contributed by atoms with van der Waals surface area (Å²) in [6.07, 6.45) is 5.69. The van der Waals surface area contributed by atoms with Gasteiger partial charge in [-0.2, -0.15) is 0 Å². The quantitative estimate of drug-likeness (QED) is 0.505. The van der Waals surface area contributed by atoms with Gasteiger partial charge in [-0.25, -0.2) is 0 Å². The van der Waals surface area contributed by atoms with Gasteiger partial charge in [0.25, 0.3) is 11.8 Å². The van der Waals surface area contributed by atoms with E-state index in [1.165, 1.54) is 19.3 Å². The summed E-state index contributed by atoms with van der Waals surface area (Å²) in [4.78, 5) is 36.9. The first-order chi connectivity index (χ1) is 15.5. The van der Waals surface area contributed by atoms with Gasteiger partial charge in [-0.3, -0.25) is 14.4 Å². The second kappa shape index (κ2) is 11.3. The Morgan fingerprint density at radius 3 is 2.41 bits per heavy atom. The molecule has 0 unspecified atom stereocenters. The third kappa shape index (κ3) is 6.57. The summed E-state index contributed by atoms with van der Waals surface area (Å²) in [5, 5.41) is 11.8. The number of carbonyl (C=O) groups is 3. The van der Waals surface area contributed by atoms with Crippen molar-refractivity contribution >= 4 is 29.1 Å². The van der Waals surface area contributed by atoms with E-state index in [0.717, 1.165) is 24.1 Å². The largest absolute Gasteiger partial charge is 0.376 e. The van der Waals surface area contributed by atoms with Crippen LogP contribution in [0.1, 0.15) is 65.3 Å². The van der Waals surface area contributed by atoms with Crippen molar-refractivity contribution in [2.45, 2.75) is 52.0 Å². The predicted molar refractivity (Wildman–Crippen MR) is 127 cm³/mol. The molecule has 1 fully saturated rings. The minimum Gasteiger partial charge on any atom is -0.376 e. The molecule has 1 aliphatic carbocycles. The third-order valence-electron chi connectivity index (χ3n) is 5.61. The van der Waals surface area contributed by atoms with E-state index in [2.05, 4.69) is 21.3 Å². The molecule has 4 N–H and O–H groups in total. The Kier molecular flexibility index (Phi) is 8.25. The molecule has 170 valence electrons. The number of hydrogen-bond acceptors (Lipinski definition) is 4. The molecule has 3 rings (SSSR count). The Morgan fingerprint density at radius 2 is 1.69 bits per heavy atom. The molecule has 0 aromatic heterocycles. The molecule has 2 aromatic rings. The zero-order valence-corrected chi connectivity index (χ0v) is 18.8. The van der Waals surface area contributed by atoms with Crippen LogP contribution in [0.25, 0.3) is 0 Å². The number of benzene rings is 2. The van der Waals surface area contributed by atoms with Crippen molar-refractivity contribution in [1.82, 2.24) is 10.6 Å². The number of carbonyl (C=O) groups excluding carboxylic acids is 3. The van der Waals surface area contributed by atoms with E-state index < -0.39 is 0 Å². The molecule has 0 aliphatic heterocycles. The highest BCUT2D eigenvalue weighted by molar-refractivity contribution is 5.98. The van der Waals surface area contributed by atoms with Gasteiger partial charge >= 0.3 is 0 Å². The first kappa shape index (κ1) is 23.3. The zero-order chi connectivity index (χ0) is 22.9. The molecule has 32 heavy (non-hydrogen) atoms. The van der Waals surface area contributed by atoms with E-state index >= 15 is 0 Å². The number of nitrogens with one attached hydrogen (secondary N) is 4. The van der Waals surface area contributed by atoms with Gasteiger partial charge in [0.05, 0.1) is 6.54 Å². The fourth-order valence-corrected chi connectivity index (χ4v) is 3.90. The summed E-state index contributed by atoms with van der Waals surface area (Å²) in [7, 11) is 0. The van der Waals surface area contributed by atoms with E-state index in [0.29, 0.717) is 23.4 Å². The van der Waals surface area contributed by atoms with Crippen LogP contribution in [0.15, 0.2) is 42.5 Å². The highest BCUT2D eigenvalue weighted by atomic mass is 16.2. The van der Waals surface area contributed by atoms with Gasteiger partial charge < -0.3 is 21.3 Å². The maximum atomic E-state index is 12.5. The fraction of sp³-hybridized carbons (Fsp3) is 0.400. The lowest BCUT2D eigenvalue weighted by atomic mass is 9.95. The first-order valence-electron chi connectivity index (χ1n) is 11.3. The van der Waals surface area contributed by atoms with Crippen LogP contribution in [0.3, 0.4) is 0 Å². The number of anilines is 2. The maximum absolute atomic E-state index is 12.5. The van der Waals surface area contributed by atoms with Crippen molar-refractivity contribution in [3.05, 3.63) is 59.2 Å². The van der Waals surface area contributed by atoms with Gasteiger partial charge in [-0.05, 0) is 68.7 Å². The SMILES string of the molecule is CCNC(=O)c1cccc(NC(=O)CNc2ccc(C(=O)NC3CCCCC3)cc2C)c1. The monoisotopic (exact) mass is 436 g/mol. The molecule has 1 aliphatic rings. The predicted octanol–water partition coefficient (Wildman–Crippen LogP) is 3.86. The summed E-state index contributed by atoms with van der Waals surface area (Å²) in [5.74, 6) is -0.446. The molecule has 0 bridgehead atoms. The van der Waals surface area contributed by atoms with Crippen molar-refractivity contribution in [1.29, 1.82) is 0 Å². The average Bonchev–Trinajstić information content (AvgIpc) is 2.79. The molecule has 0 heterocycles. The van der Waals surface area contributed by atoms with Crippen molar-refractivity contribution in [3.8, 4) is 0 Å². The highest BCUT2D eigenvalue weighted by Crippen LogP contribution is 2.20. The lowest BCUT2D eigenvalue weighted by Crippen LogP contribution is -2.36. The standard InChI is InChI=1S/C25H32N4O3/c1-3-26-24(31)18-8-7-11-21(15-18)28-23(30)16-27-22-13-12-19(14-17(22)2)25(32)29-20-9-5-4-6-10-20/h7-8,11-15,20,27H,3-6,9-10,16H2,1-2H3,(H,26,31)(H,28,30)(H,29,32). The molecule has 0 atom stereocenters. The Balaban J connectivity index is 1.53. The Bertz CT molecular complexity index is 967. The third-order valence-corrected chi connectivity index (χ3v) is 5.61. The van der Waals surface area contributed by atoms with Gasteiger partial charge in [0.1, 0.15) is 0 Å². The highest BCUT2D eigenvalue weighted by Gasteiger charge is 2.17.